The summed E-state index contributed by atoms with van der Waals surface area (Å²) in [5, 5.41) is 3.26. The van der Waals surface area contributed by atoms with E-state index in [9.17, 15) is 0 Å². The Morgan fingerprint density at radius 3 is 1.14 bits per heavy atom. The molecule has 0 atom stereocenters. The highest BCUT2D eigenvalue weighted by Crippen LogP contribution is 2.27. The van der Waals surface area contributed by atoms with E-state index in [1.54, 1.807) is 0 Å². The van der Waals surface area contributed by atoms with Gasteiger partial charge in [-0.1, -0.05) is 113 Å². The van der Waals surface area contributed by atoms with Gasteiger partial charge in [0.05, 0.1) is 0 Å². The lowest BCUT2D eigenvalue weighted by molar-refractivity contribution is 0.441. The fourth-order valence-corrected chi connectivity index (χ4v) is 18.7. The molecule has 0 spiro atoms. The highest BCUT2D eigenvalue weighted by Gasteiger charge is 2.51. The van der Waals surface area contributed by atoms with Crippen LogP contribution in [0.4, 0.5) is 0 Å². The molecule has 0 aliphatic heterocycles. The molecule has 0 amide bonds. The van der Waals surface area contributed by atoms with Gasteiger partial charge in [0.2, 0.25) is 0 Å². The molecule has 0 aromatic heterocycles. The van der Waals surface area contributed by atoms with Crippen molar-refractivity contribution in [1.29, 1.82) is 0 Å². The Morgan fingerprint density at radius 1 is 0.536 bits per heavy atom. The van der Waals surface area contributed by atoms with Crippen LogP contribution in [0, 0.1) is 0 Å². The van der Waals surface area contributed by atoms with Crippen LogP contribution < -0.4 is 15.6 Å². The minimum absolute atomic E-state index is 1.09. The van der Waals surface area contributed by atoms with Gasteiger partial charge >= 0.3 is 7.18 Å². The average molecular weight is 464 g/mol. The number of hydrogen-bond acceptors (Lipinski definition) is 2. The molecule has 0 unspecified atom stereocenters. The predicted molar refractivity (Wildman–Crippen MR) is 127 cm³/mol. The summed E-state index contributed by atoms with van der Waals surface area (Å²) in [6.45, 7) is 6.21. The molecule has 3 rings (SSSR count). The second kappa shape index (κ2) is 8.67. The molecule has 2 nitrogen and oxygen atoms in total. The Balaban J connectivity index is 2.25. The fraction of sp³-hybridized carbons (Fsp3) is 0.143. The highest BCUT2D eigenvalue weighted by molar-refractivity contribution is 7.43. The molecule has 7 heteroatoms. The van der Waals surface area contributed by atoms with Gasteiger partial charge in [0.25, 0.3) is 8.32 Å². The lowest BCUT2D eigenvalue weighted by Gasteiger charge is -2.38. The molecule has 0 N–H and O–H groups in total. The summed E-state index contributed by atoms with van der Waals surface area (Å²) in [5.41, 5.74) is 0. The van der Waals surface area contributed by atoms with Gasteiger partial charge in [0, 0.05) is 0 Å². The van der Waals surface area contributed by atoms with E-state index in [-0.39, 0.29) is 0 Å². The summed E-state index contributed by atoms with van der Waals surface area (Å²) >= 11 is 13.6. The molecule has 146 valence electrons. The second-order valence-electron chi connectivity index (χ2n) is 7.56. The van der Waals surface area contributed by atoms with Crippen molar-refractivity contribution in [2.45, 2.75) is 19.6 Å². The third-order valence-corrected chi connectivity index (χ3v) is 16.0. The third-order valence-electron chi connectivity index (χ3n) is 4.24. The minimum atomic E-state index is -3.45. The number of hydrogen-bond donors (Lipinski definition) is 0. The second-order valence-corrected chi connectivity index (χ2v) is 21.0. The zero-order chi connectivity index (χ0) is 20.3. The fourth-order valence-electron chi connectivity index (χ4n) is 3.25. The zero-order valence-corrected chi connectivity index (χ0v) is 20.7. The van der Waals surface area contributed by atoms with Gasteiger partial charge in [-0.3, -0.25) is 0 Å². The van der Waals surface area contributed by atoms with Crippen LogP contribution in [0.1, 0.15) is 0 Å². The molecule has 0 fully saturated rings. The van der Waals surface area contributed by atoms with Crippen molar-refractivity contribution < 1.29 is 8.23 Å². The Labute approximate surface area is 180 Å². The van der Waals surface area contributed by atoms with Crippen LogP contribution in [0.5, 0.6) is 0 Å². The van der Waals surface area contributed by atoms with E-state index in [0.29, 0.717) is 0 Å². The predicted octanol–water partition coefficient (Wildman–Crippen LogP) is 4.43. The standard InChI is InChI=1S/C21H24Cl2O2Si3/c1-26(2,3)24-28(22,23)25-27(19-13-7-4-8-14-19,20-15-9-5-10-16-20)21-17-11-6-12-18-21/h4-18H,1-3H3. The summed E-state index contributed by atoms with van der Waals surface area (Å²) < 4.78 is 12.9. The highest BCUT2D eigenvalue weighted by atomic mass is 35.7. The Kier molecular flexibility index (Phi) is 6.66. The smallest absolute Gasteiger partial charge is 0.414 e. The maximum Gasteiger partial charge on any atom is 0.531 e. The molecular formula is C21H24Cl2O2Si3. The van der Waals surface area contributed by atoms with Crippen molar-refractivity contribution in [1.82, 2.24) is 0 Å². The number of rotatable bonds is 7. The molecule has 3 aromatic rings. The lowest BCUT2D eigenvalue weighted by Crippen LogP contribution is -2.72. The van der Waals surface area contributed by atoms with Crippen LogP contribution in [0.15, 0.2) is 91.0 Å². The van der Waals surface area contributed by atoms with E-state index in [0.717, 1.165) is 15.6 Å². The van der Waals surface area contributed by atoms with Gasteiger partial charge in [0.15, 0.2) is 8.32 Å². The molecule has 0 heterocycles. The number of halogens is 2. The van der Waals surface area contributed by atoms with E-state index < -0.39 is 23.8 Å². The van der Waals surface area contributed by atoms with E-state index in [2.05, 4.69) is 56.0 Å². The largest absolute Gasteiger partial charge is 0.531 e. The third kappa shape index (κ3) is 5.04. The van der Waals surface area contributed by atoms with Crippen molar-refractivity contribution >= 4 is 61.5 Å². The molecule has 0 bridgehead atoms. The van der Waals surface area contributed by atoms with Gasteiger partial charge in [-0.25, -0.2) is 0 Å². The first-order valence-corrected chi connectivity index (χ1v) is 18.3. The Morgan fingerprint density at radius 2 is 0.857 bits per heavy atom. The molecule has 0 aliphatic carbocycles. The average Bonchev–Trinajstić information content (AvgIpc) is 2.66. The summed E-state index contributed by atoms with van der Waals surface area (Å²) in [7, 11) is -8.42. The van der Waals surface area contributed by atoms with E-state index in [1.807, 2.05) is 54.6 Å². The molecule has 0 saturated heterocycles. The van der Waals surface area contributed by atoms with Crippen molar-refractivity contribution in [2.24, 2.45) is 0 Å². The maximum atomic E-state index is 6.78. The Hall–Kier alpha value is -1.19. The first kappa shape index (κ1) is 21.5. The minimum Gasteiger partial charge on any atom is -0.414 e. The van der Waals surface area contributed by atoms with E-state index >= 15 is 0 Å². The molecule has 0 saturated carbocycles. The quantitative estimate of drug-likeness (QED) is 0.293. The van der Waals surface area contributed by atoms with Crippen LogP contribution in [-0.2, 0) is 8.23 Å². The normalized spacial score (nSPS) is 12.8. The first-order valence-electron chi connectivity index (χ1n) is 9.18. The molecule has 0 radical (unpaired) electrons. The summed E-state index contributed by atoms with van der Waals surface area (Å²) in [4.78, 5) is 0. The van der Waals surface area contributed by atoms with Gasteiger partial charge in [-0.2, -0.15) is 0 Å². The van der Waals surface area contributed by atoms with Crippen LogP contribution in [0.25, 0.3) is 0 Å². The summed E-state index contributed by atoms with van der Waals surface area (Å²) in [6.07, 6.45) is 0. The first-order chi connectivity index (χ1) is 13.2. The van der Waals surface area contributed by atoms with E-state index in [1.165, 1.54) is 0 Å². The van der Waals surface area contributed by atoms with Gasteiger partial charge in [0.1, 0.15) is 0 Å². The van der Waals surface area contributed by atoms with Crippen molar-refractivity contribution in [3.8, 4) is 0 Å². The van der Waals surface area contributed by atoms with E-state index in [4.69, 9.17) is 30.4 Å². The van der Waals surface area contributed by atoms with Crippen LogP contribution >= 0.6 is 22.2 Å². The maximum absolute atomic E-state index is 6.78. The summed E-state index contributed by atoms with van der Waals surface area (Å²) in [6, 6.07) is 30.7. The van der Waals surface area contributed by atoms with Crippen LogP contribution in [-0.4, -0.2) is 23.8 Å². The summed E-state index contributed by atoms with van der Waals surface area (Å²) in [5.74, 6) is 0. The Bertz CT molecular complexity index is 789. The van der Waals surface area contributed by atoms with Crippen LogP contribution in [0.2, 0.25) is 19.6 Å². The van der Waals surface area contributed by atoms with Gasteiger partial charge in [-0.05, 0) is 35.2 Å². The molecule has 28 heavy (non-hydrogen) atoms. The van der Waals surface area contributed by atoms with Crippen molar-refractivity contribution in [2.75, 3.05) is 0 Å². The number of benzene rings is 3. The molecular weight excluding hydrogens is 439 g/mol. The molecule has 3 aromatic carbocycles. The lowest BCUT2D eigenvalue weighted by atomic mass is 10.3. The zero-order valence-electron chi connectivity index (χ0n) is 16.2. The van der Waals surface area contributed by atoms with Gasteiger partial charge < -0.3 is 8.23 Å². The van der Waals surface area contributed by atoms with Crippen molar-refractivity contribution in [3.63, 3.8) is 0 Å². The van der Waals surface area contributed by atoms with Crippen molar-refractivity contribution in [3.05, 3.63) is 91.0 Å². The topological polar surface area (TPSA) is 18.5 Å². The van der Waals surface area contributed by atoms with Crippen LogP contribution in [0.3, 0.4) is 0 Å². The van der Waals surface area contributed by atoms with Gasteiger partial charge in [-0.15, -0.1) is 0 Å². The molecule has 0 aliphatic rings. The SMILES string of the molecule is C[Si](C)(C)O[Si](Cl)(Cl)O[Si](c1ccccc1)(c1ccccc1)c1ccccc1. The monoisotopic (exact) mass is 462 g/mol.